The van der Waals surface area contributed by atoms with E-state index in [0.717, 1.165) is 32.7 Å². The van der Waals surface area contributed by atoms with Crippen molar-refractivity contribution in [2.45, 2.75) is 19.8 Å². The summed E-state index contributed by atoms with van der Waals surface area (Å²) in [5.74, 6) is -0.0740. The second kappa shape index (κ2) is 6.80. The first-order chi connectivity index (χ1) is 7.22. The zero-order chi connectivity index (χ0) is 11.1. The maximum atomic E-state index is 11.2. The molecule has 4 nitrogen and oxygen atoms in total. The number of rotatable bonds is 4. The van der Waals surface area contributed by atoms with E-state index in [2.05, 4.69) is 16.8 Å². The minimum Gasteiger partial charge on any atom is -0.466 e. The molecule has 0 aliphatic carbocycles. The first kappa shape index (κ1) is 12.5. The summed E-state index contributed by atoms with van der Waals surface area (Å²) in [6, 6.07) is 0. The first-order valence-corrected chi connectivity index (χ1v) is 5.79. The lowest BCUT2D eigenvalue weighted by Crippen LogP contribution is -2.31. The maximum absolute atomic E-state index is 11.2. The van der Waals surface area contributed by atoms with Crippen LogP contribution in [0.15, 0.2) is 0 Å². The molecule has 0 N–H and O–H groups in total. The zero-order valence-electron chi connectivity index (χ0n) is 9.87. The van der Waals surface area contributed by atoms with Gasteiger partial charge in [0.1, 0.15) is 0 Å². The highest BCUT2D eigenvalue weighted by molar-refractivity contribution is 5.69. The van der Waals surface area contributed by atoms with E-state index in [0.29, 0.717) is 13.0 Å². The molecule has 4 heteroatoms. The molecule has 1 heterocycles. The summed E-state index contributed by atoms with van der Waals surface area (Å²) in [5, 5.41) is 0. The van der Waals surface area contributed by atoms with Gasteiger partial charge >= 0.3 is 5.97 Å². The van der Waals surface area contributed by atoms with Crippen LogP contribution in [0.1, 0.15) is 19.8 Å². The zero-order valence-corrected chi connectivity index (χ0v) is 9.87. The maximum Gasteiger partial charge on any atom is 0.307 e. The molecule has 0 bridgehead atoms. The molecule has 15 heavy (non-hydrogen) atoms. The number of likely N-dealkylation sites (N-methyl/N-ethyl adjacent to an activating group) is 1. The van der Waals surface area contributed by atoms with E-state index < -0.39 is 0 Å². The number of hydrogen-bond donors (Lipinski definition) is 0. The summed E-state index contributed by atoms with van der Waals surface area (Å²) in [5.41, 5.74) is 0. The third-order valence-electron chi connectivity index (χ3n) is 2.75. The number of ether oxygens (including phenoxy) is 1. The molecule has 0 spiro atoms. The van der Waals surface area contributed by atoms with Gasteiger partial charge in [-0.3, -0.25) is 4.79 Å². The van der Waals surface area contributed by atoms with Gasteiger partial charge in [-0.25, -0.2) is 0 Å². The van der Waals surface area contributed by atoms with Crippen LogP contribution in [-0.2, 0) is 9.53 Å². The van der Waals surface area contributed by atoms with Crippen LogP contribution in [0.5, 0.6) is 0 Å². The monoisotopic (exact) mass is 214 g/mol. The summed E-state index contributed by atoms with van der Waals surface area (Å²) in [4.78, 5) is 15.9. The summed E-state index contributed by atoms with van der Waals surface area (Å²) < 4.78 is 4.91. The van der Waals surface area contributed by atoms with Crippen LogP contribution in [0, 0.1) is 0 Å². The van der Waals surface area contributed by atoms with Gasteiger partial charge in [0.2, 0.25) is 0 Å². The molecule has 88 valence electrons. The minimum atomic E-state index is -0.0740. The Bertz CT molecular complexity index is 197. The highest BCUT2D eigenvalue weighted by Gasteiger charge is 2.13. The Morgan fingerprint density at radius 1 is 1.27 bits per heavy atom. The van der Waals surface area contributed by atoms with Gasteiger partial charge in [-0.2, -0.15) is 0 Å². The highest BCUT2D eigenvalue weighted by atomic mass is 16.5. The average Bonchev–Trinajstić information content (AvgIpc) is 2.41. The van der Waals surface area contributed by atoms with Crippen molar-refractivity contribution >= 4 is 5.97 Å². The SMILES string of the molecule is CCOC(=O)CCN1CCCN(C)CC1. The molecular weight excluding hydrogens is 192 g/mol. The Kier molecular flexibility index (Phi) is 5.65. The predicted octanol–water partition coefficient (Wildman–Crippen LogP) is 0.577. The Morgan fingerprint density at radius 2 is 2.07 bits per heavy atom. The van der Waals surface area contributed by atoms with E-state index in [1.165, 1.54) is 6.42 Å². The quantitative estimate of drug-likeness (QED) is 0.641. The smallest absolute Gasteiger partial charge is 0.307 e. The van der Waals surface area contributed by atoms with E-state index in [4.69, 9.17) is 4.74 Å². The van der Waals surface area contributed by atoms with Crippen LogP contribution in [0.25, 0.3) is 0 Å². The third kappa shape index (κ3) is 5.14. The topological polar surface area (TPSA) is 32.8 Å². The van der Waals surface area contributed by atoms with Crippen LogP contribution in [0.4, 0.5) is 0 Å². The van der Waals surface area contributed by atoms with Gasteiger partial charge in [-0.1, -0.05) is 0 Å². The van der Waals surface area contributed by atoms with Crippen LogP contribution < -0.4 is 0 Å². The molecule has 1 saturated heterocycles. The summed E-state index contributed by atoms with van der Waals surface area (Å²) in [6.07, 6.45) is 1.72. The molecule has 0 radical (unpaired) electrons. The molecule has 0 aromatic rings. The van der Waals surface area contributed by atoms with E-state index in [9.17, 15) is 4.79 Å². The van der Waals surface area contributed by atoms with E-state index in [1.54, 1.807) is 0 Å². The van der Waals surface area contributed by atoms with E-state index in [1.807, 2.05) is 6.92 Å². The molecule has 0 aromatic carbocycles. The lowest BCUT2D eigenvalue weighted by molar-refractivity contribution is -0.143. The van der Waals surface area contributed by atoms with Crippen molar-refractivity contribution in [3.63, 3.8) is 0 Å². The molecule has 1 rings (SSSR count). The number of nitrogens with zero attached hydrogens (tertiary/aromatic N) is 2. The van der Waals surface area contributed by atoms with Crippen molar-refractivity contribution in [3.05, 3.63) is 0 Å². The van der Waals surface area contributed by atoms with E-state index in [-0.39, 0.29) is 5.97 Å². The van der Waals surface area contributed by atoms with Gasteiger partial charge in [-0.05, 0) is 33.5 Å². The van der Waals surface area contributed by atoms with Crippen LogP contribution in [0.3, 0.4) is 0 Å². The number of esters is 1. The molecule has 0 atom stereocenters. The van der Waals surface area contributed by atoms with Crippen molar-refractivity contribution in [1.29, 1.82) is 0 Å². The van der Waals surface area contributed by atoms with Crippen LogP contribution >= 0.6 is 0 Å². The van der Waals surface area contributed by atoms with Crippen molar-refractivity contribution in [3.8, 4) is 0 Å². The van der Waals surface area contributed by atoms with Crippen molar-refractivity contribution < 1.29 is 9.53 Å². The van der Waals surface area contributed by atoms with Crippen molar-refractivity contribution in [2.75, 3.05) is 46.4 Å². The number of carbonyl (C=O) groups is 1. The molecule has 1 aliphatic heterocycles. The highest BCUT2D eigenvalue weighted by Crippen LogP contribution is 2.02. The summed E-state index contributed by atoms with van der Waals surface area (Å²) in [7, 11) is 2.15. The fourth-order valence-electron chi connectivity index (χ4n) is 1.81. The number of hydrogen-bond acceptors (Lipinski definition) is 4. The Balaban J connectivity index is 2.17. The van der Waals surface area contributed by atoms with Crippen molar-refractivity contribution in [1.82, 2.24) is 9.80 Å². The van der Waals surface area contributed by atoms with Crippen LogP contribution in [0.2, 0.25) is 0 Å². The van der Waals surface area contributed by atoms with Gasteiger partial charge in [-0.15, -0.1) is 0 Å². The van der Waals surface area contributed by atoms with Gasteiger partial charge < -0.3 is 14.5 Å². The molecular formula is C11H22N2O2. The normalized spacial score (nSPS) is 19.9. The van der Waals surface area contributed by atoms with Gasteiger partial charge in [0, 0.05) is 19.6 Å². The van der Waals surface area contributed by atoms with E-state index >= 15 is 0 Å². The Hall–Kier alpha value is -0.610. The summed E-state index contributed by atoms with van der Waals surface area (Å²) in [6.45, 7) is 7.60. The average molecular weight is 214 g/mol. The predicted molar refractivity (Wildman–Crippen MR) is 59.8 cm³/mol. The molecule has 0 unspecified atom stereocenters. The van der Waals surface area contributed by atoms with Crippen LogP contribution in [-0.4, -0.2) is 62.1 Å². The lowest BCUT2D eigenvalue weighted by Gasteiger charge is -2.19. The minimum absolute atomic E-state index is 0.0740. The third-order valence-corrected chi connectivity index (χ3v) is 2.75. The first-order valence-electron chi connectivity index (χ1n) is 5.79. The fourth-order valence-corrected chi connectivity index (χ4v) is 1.81. The molecule has 0 amide bonds. The van der Waals surface area contributed by atoms with Gasteiger partial charge in [0.25, 0.3) is 0 Å². The number of carbonyl (C=O) groups excluding carboxylic acids is 1. The summed E-state index contributed by atoms with van der Waals surface area (Å²) >= 11 is 0. The fraction of sp³-hybridized carbons (Fsp3) is 0.909. The second-order valence-electron chi connectivity index (χ2n) is 4.05. The Morgan fingerprint density at radius 3 is 2.80 bits per heavy atom. The molecule has 0 saturated carbocycles. The largest absolute Gasteiger partial charge is 0.466 e. The second-order valence-corrected chi connectivity index (χ2v) is 4.05. The Labute approximate surface area is 92.2 Å². The van der Waals surface area contributed by atoms with Crippen molar-refractivity contribution in [2.24, 2.45) is 0 Å². The lowest BCUT2D eigenvalue weighted by atomic mass is 10.3. The molecule has 1 fully saturated rings. The standard InChI is InChI=1S/C11H22N2O2/c1-3-15-11(14)5-8-13-7-4-6-12(2)9-10-13/h3-10H2,1-2H3. The molecule has 1 aliphatic rings. The van der Waals surface area contributed by atoms with Gasteiger partial charge in [0.05, 0.1) is 13.0 Å². The molecule has 0 aromatic heterocycles. The van der Waals surface area contributed by atoms with Gasteiger partial charge in [0.15, 0.2) is 0 Å².